The van der Waals surface area contributed by atoms with Gasteiger partial charge < -0.3 is 5.32 Å². The van der Waals surface area contributed by atoms with Gasteiger partial charge in [-0.05, 0) is 12.5 Å². The van der Waals surface area contributed by atoms with Crippen molar-refractivity contribution in [3.63, 3.8) is 0 Å². The molecule has 1 aliphatic heterocycles. The first-order chi connectivity index (χ1) is 5.73. The molecule has 2 heteroatoms. The van der Waals surface area contributed by atoms with E-state index in [-0.39, 0.29) is 11.3 Å². The highest BCUT2D eigenvalue weighted by molar-refractivity contribution is 5.93. The lowest BCUT2D eigenvalue weighted by Crippen LogP contribution is -2.60. The van der Waals surface area contributed by atoms with Crippen molar-refractivity contribution in [1.29, 1.82) is 0 Å². The van der Waals surface area contributed by atoms with E-state index in [0.717, 1.165) is 12.1 Å². The van der Waals surface area contributed by atoms with E-state index in [4.69, 9.17) is 0 Å². The second kappa shape index (κ2) is 2.34. The van der Waals surface area contributed by atoms with Gasteiger partial charge in [-0.25, -0.2) is 0 Å². The predicted octanol–water partition coefficient (Wildman–Crippen LogP) is 1.07. The van der Waals surface area contributed by atoms with Crippen molar-refractivity contribution in [2.75, 3.05) is 6.54 Å². The van der Waals surface area contributed by atoms with Gasteiger partial charge in [-0.15, -0.1) is 0 Å². The van der Waals surface area contributed by atoms with E-state index in [1.807, 2.05) is 37.3 Å². The van der Waals surface area contributed by atoms with E-state index in [1.165, 1.54) is 0 Å². The van der Waals surface area contributed by atoms with Gasteiger partial charge in [0.1, 0.15) is 0 Å². The van der Waals surface area contributed by atoms with Crippen LogP contribution in [0.25, 0.3) is 0 Å². The first kappa shape index (κ1) is 7.35. The molecule has 1 aliphatic rings. The molecular weight excluding hydrogens is 150 g/mol. The van der Waals surface area contributed by atoms with Crippen LogP contribution in [0, 0.1) is 0 Å². The fourth-order valence-electron chi connectivity index (χ4n) is 1.46. The second-order valence-corrected chi connectivity index (χ2v) is 3.38. The summed E-state index contributed by atoms with van der Waals surface area (Å²) in [6.07, 6.45) is 0. The molecule has 2 rings (SSSR count). The van der Waals surface area contributed by atoms with Crippen LogP contribution in [0.1, 0.15) is 12.5 Å². The van der Waals surface area contributed by atoms with Crippen LogP contribution in [0.2, 0.25) is 0 Å². The maximum Gasteiger partial charge on any atom is 0.232 e. The summed E-state index contributed by atoms with van der Waals surface area (Å²) in [6.45, 7) is 2.73. The molecule has 0 aromatic heterocycles. The van der Waals surface area contributed by atoms with E-state index >= 15 is 0 Å². The lowest BCUT2D eigenvalue weighted by molar-refractivity contribution is -0.132. The average molecular weight is 161 g/mol. The quantitative estimate of drug-likeness (QED) is 0.613. The highest BCUT2D eigenvalue weighted by atomic mass is 16.2. The number of carbonyl (C=O) groups is 1. The fourth-order valence-corrected chi connectivity index (χ4v) is 1.46. The van der Waals surface area contributed by atoms with Crippen molar-refractivity contribution >= 4 is 5.91 Å². The molecule has 0 unspecified atom stereocenters. The van der Waals surface area contributed by atoms with Crippen LogP contribution in [-0.2, 0) is 10.2 Å². The highest BCUT2D eigenvalue weighted by Crippen LogP contribution is 2.28. The summed E-state index contributed by atoms with van der Waals surface area (Å²) in [7, 11) is 0. The molecular formula is C10H11NO. The largest absolute Gasteiger partial charge is 0.354 e. The number of benzene rings is 1. The molecule has 0 bridgehead atoms. The number of amides is 1. The molecule has 12 heavy (non-hydrogen) atoms. The van der Waals surface area contributed by atoms with Gasteiger partial charge >= 0.3 is 0 Å². The third-order valence-corrected chi connectivity index (χ3v) is 2.51. The SMILES string of the molecule is C[C@@]1(c2ccccc2)CNC1=O. The number of β-lactam (4-membered cyclic amide) rings is 1. The Hall–Kier alpha value is -1.31. The molecule has 62 valence electrons. The van der Waals surface area contributed by atoms with Crippen LogP contribution in [0.15, 0.2) is 30.3 Å². The summed E-state index contributed by atoms with van der Waals surface area (Å²) >= 11 is 0. The Morgan fingerprint density at radius 1 is 1.33 bits per heavy atom. The van der Waals surface area contributed by atoms with Gasteiger partial charge in [-0.2, -0.15) is 0 Å². The van der Waals surface area contributed by atoms with Crippen molar-refractivity contribution in [2.45, 2.75) is 12.3 Å². The standard InChI is InChI=1S/C10H11NO/c1-10(7-11-9(10)12)8-5-3-2-4-6-8/h2-6H,7H2,1H3,(H,11,12)/t10-/m0/s1. The Morgan fingerprint density at radius 3 is 2.42 bits per heavy atom. The normalized spacial score (nSPS) is 27.6. The number of hydrogen-bond acceptors (Lipinski definition) is 1. The summed E-state index contributed by atoms with van der Waals surface area (Å²) in [5.41, 5.74) is 0.829. The van der Waals surface area contributed by atoms with Gasteiger partial charge in [0.2, 0.25) is 5.91 Å². The molecule has 1 amide bonds. The van der Waals surface area contributed by atoms with Gasteiger partial charge in [0.25, 0.3) is 0 Å². The molecule has 1 heterocycles. The Morgan fingerprint density at radius 2 is 2.00 bits per heavy atom. The zero-order valence-electron chi connectivity index (χ0n) is 7.00. The summed E-state index contributed by atoms with van der Waals surface area (Å²) < 4.78 is 0. The fraction of sp³-hybridized carbons (Fsp3) is 0.300. The van der Waals surface area contributed by atoms with E-state index in [9.17, 15) is 4.79 Å². The van der Waals surface area contributed by atoms with E-state index in [1.54, 1.807) is 0 Å². The van der Waals surface area contributed by atoms with Gasteiger partial charge in [-0.1, -0.05) is 30.3 Å². The molecule has 1 saturated heterocycles. The summed E-state index contributed by atoms with van der Waals surface area (Å²) in [4.78, 5) is 11.2. The minimum absolute atomic E-state index is 0.133. The topological polar surface area (TPSA) is 29.1 Å². The molecule has 2 nitrogen and oxygen atoms in total. The number of nitrogens with one attached hydrogen (secondary N) is 1. The molecule has 0 aliphatic carbocycles. The van der Waals surface area contributed by atoms with E-state index < -0.39 is 0 Å². The van der Waals surface area contributed by atoms with Gasteiger partial charge in [0.05, 0.1) is 5.41 Å². The zero-order chi connectivity index (χ0) is 8.60. The smallest absolute Gasteiger partial charge is 0.232 e. The predicted molar refractivity (Wildman–Crippen MR) is 46.8 cm³/mol. The summed E-state index contributed by atoms with van der Waals surface area (Å²) in [5.74, 6) is 0.133. The monoisotopic (exact) mass is 161 g/mol. The third kappa shape index (κ3) is 0.843. The molecule has 0 radical (unpaired) electrons. The van der Waals surface area contributed by atoms with Crippen LogP contribution in [0.5, 0.6) is 0 Å². The van der Waals surface area contributed by atoms with Gasteiger partial charge in [0, 0.05) is 6.54 Å². The first-order valence-corrected chi connectivity index (χ1v) is 4.07. The molecule has 1 aromatic carbocycles. The van der Waals surface area contributed by atoms with Crippen LogP contribution >= 0.6 is 0 Å². The van der Waals surface area contributed by atoms with Crippen LogP contribution < -0.4 is 5.32 Å². The van der Waals surface area contributed by atoms with E-state index in [0.29, 0.717) is 0 Å². The number of hydrogen-bond donors (Lipinski definition) is 1. The molecule has 1 atom stereocenters. The lowest BCUT2D eigenvalue weighted by atomic mass is 9.76. The Bertz CT molecular complexity index is 307. The average Bonchev–Trinajstić information content (AvgIpc) is 2.16. The summed E-state index contributed by atoms with van der Waals surface area (Å²) in [6, 6.07) is 9.89. The summed E-state index contributed by atoms with van der Waals surface area (Å²) in [5, 5.41) is 2.76. The van der Waals surface area contributed by atoms with Crippen molar-refractivity contribution < 1.29 is 4.79 Å². The molecule has 1 fully saturated rings. The highest BCUT2D eigenvalue weighted by Gasteiger charge is 2.42. The second-order valence-electron chi connectivity index (χ2n) is 3.38. The lowest BCUT2D eigenvalue weighted by Gasteiger charge is -2.37. The van der Waals surface area contributed by atoms with Crippen molar-refractivity contribution in [3.8, 4) is 0 Å². The van der Waals surface area contributed by atoms with Gasteiger partial charge in [-0.3, -0.25) is 4.79 Å². The minimum atomic E-state index is -0.277. The van der Waals surface area contributed by atoms with Crippen LogP contribution in [0.4, 0.5) is 0 Å². The maximum absolute atomic E-state index is 11.2. The first-order valence-electron chi connectivity index (χ1n) is 4.07. The molecule has 1 N–H and O–H groups in total. The molecule has 1 aromatic rings. The van der Waals surface area contributed by atoms with Crippen molar-refractivity contribution in [3.05, 3.63) is 35.9 Å². The molecule has 0 saturated carbocycles. The Kier molecular flexibility index (Phi) is 1.43. The van der Waals surface area contributed by atoms with E-state index in [2.05, 4.69) is 5.32 Å². The van der Waals surface area contributed by atoms with Crippen LogP contribution in [0.3, 0.4) is 0 Å². The zero-order valence-corrected chi connectivity index (χ0v) is 7.00. The third-order valence-electron chi connectivity index (χ3n) is 2.51. The van der Waals surface area contributed by atoms with Gasteiger partial charge in [0.15, 0.2) is 0 Å². The Balaban J connectivity index is 2.37. The Labute approximate surface area is 71.6 Å². The van der Waals surface area contributed by atoms with Crippen molar-refractivity contribution in [1.82, 2.24) is 5.32 Å². The number of carbonyl (C=O) groups excluding carboxylic acids is 1. The number of rotatable bonds is 1. The molecule has 0 spiro atoms. The minimum Gasteiger partial charge on any atom is -0.354 e. The van der Waals surface area contributed by atoms with Crippen molar-refractivity contribution in [2.24, 2.45) is 0 Å². The maximum atomic E-state index is 11.2. The van der Waals surface area contributed by atoms with Crippen LogP contribution in [-0.4, -0.2) is 12.5 Å².